The average molecular weight is 319 g/mol. The molecule has 0 bridgehead atoms. The normalized spacial score (nSPS) is 12.9. The lowest BCUT2D eigenvalue weighted by molar-refractivity contribution is -0.617. The summed E-state index contributed by atoms with van der Waals surface area (Å²) in [6.07, 6.45) is -0.451. The topological polar surface area (TPSA) is 82.7 Å². The Labute approximate surface area is 121 Å². The minimum Gasteiger partial charge on any atom is -0.300 e. The van der Waals surface area contributed by atoms with Crippen LogP contribution in [0.5, 0.6) is 0 Å². The van der Waals surface area contributed by atoms with Gasteiger partial charge in [-0.1, -0.05) is 15.9 Å². The number of nitrogen functional groups attached to an aromatic ring is 1. The number of nitrogens with two attached hydrogens (primary N) is 1. The minimum atomic E-state index is -3.45. The van der Waals surface area contributed by atoms with Crippen molar-refractivity contribution >= 4 is 29.3 Å². The van der Waals surface area contributed by atoms with E-state index in [0.717, 1.165) is 0 Å². The Morgan fingerprint density at radius 1 is 1.35 bits per heavy atom. The molecule has 2 N–H and O–H groups in total. The van der Waals surface area contributed by atoms with Crippen LogP contribution in [0, 0.1) is 6.92 Å². The third kappa shape index (κ3) is 2.74. The second-order valence-electron chi connectivity index (χ2n) is 5.01. The predicted molar refractivity (Wildman–Crippen MR) is 77.8 cm³/mol. The van der Waals surface area contributed by atoms with Crippen LogP contribution in [-0.2, 0) is 13.6 Å². The maximum Gasteiger partial charge on any atom is 0.397 e. The summed E-state index contributed by atoms with van der Waals surface area (Å²) in [5, 5.41) is 6.01. The van der Waals surface area contributed by atoms with Gasteiger partial charge in [0.25, 0.3) is 5.82 Å². The fourth-order valence-electron chi connectivity index (χ4n) is 1.76. The molecule has 2 aromatic heterocycles. The zero-order chi connectivity index (χ0) is 15.1. The first-order valence-electron chi connectivity index (χ1n) is 6.36. The van der Waals surface area contributed by atoms with Crippen LogP contribution in [0.15, 0.2) is 5.38 Å². The Bertz CT molecular complexity index is 650. The third-order valence-electron chi connectivity index (χ3n) is 2.45. The van der Waals surface area contributed by atoms with E-state index in [9.17, 15) is 4.57 Å². The van der Waals surface area contributed by atoms with Gasteiger partial charge in [-0.15, -0.1) is 4.68 Å². The fraction of sp³-hybridized carbons (Fsp3) is 0.636. The molecule has 20 heavy (non-hydrogen) atoms. The van der Waals surface area contributed by atoms with Crippen LogP contribution in [0.4, 0.5) is 0 Å². The van der Waals surface area contributed by atoms with E-state index >= 15 is 0 Å². The standard InChI is InChI=1S/C11H20N4O3PS/c1-7(2)17-19(16,18-8(3)4)10-6-20-11-14(12)9(5)13-15(10)11/h6-8H,12H2,1-5H3/q+1. The Balaban J connectivity index is 2.56. The van der Waals surface area contributed by atoms with Crippen LogP contribution >= 0.6 is 18.9 Å². The molecule has 0 atom stereocenters. The van der Waals surface area contributed by atoms with Crippen LogP contribution in [0.2, 0.25) is 0 Å². The molecule has 2 heterocycles. The molecule has 9 heteroatoms. The molecule has 0 aliphatic heterocycles. The van der Waals surface area contributed by atoms with Gasteiger partial charge >= 0.3 is 12.6 Å². The smallest absolute Gasteiger partial charge is 0.300 e. The highest BCUT2D eigenvalue weighted by atomic mass is 32.1. The van der Waals surface area contributed by atoms with Crippen molar-refractivity contribution < 1.29 is 18.3 Å². The summed E-state index contributed by atoms with van der Waals surface area (Å²) in [5.74, 6) is 6.49. The fourth-order valence-corrected chi connectivity index (χ4v) is 5.04. The van der Waals surface area contributed by atoms with E-state index in [2.05, 4.69) is 5.10 Å². The third-order valence-corrected chi connectivity index (χ3v) is 5.82. The van der Waals surface area contributed by atoms with Crippen molar-refractivity contribution in [2.75, 3.05) is 5.84 Å². The molecule has 0 amide bonds. The number of fused-ring (bicyclic) bond motifs is 1. The summed E-state index contributed by atoms with van der Waals surface area (Å²) < 4.78 is 27.2. The van der Waals surface area contributed by atoms with Crippen LogP contribution in [-0.4, -0.2) is 21.8 Å². The average Bonchev–Trinajstić information content (AvgIpc) is 2.79. The van der Waals surface area contributed by atoms with E-state index < -0.39 is 7.60 Å². The lowest BCUT2D eigenvalue weighted by atomic mass is 10.5. The van der Waals surface area contributed by atoms with Gasteiger partial charge in [-0.2, -0.15) is 0 Å². The highest BCUT2D eigenvalue weighted by Gasteiger charge is 2.39. The van der Waals surface area contributed by atoms with Crippen LogP contribution < -0.4 is 16.0 Å². The van der Waals surface area contributed by atoms with Gasteiger partial charge in [-0.3, -0.25) is 10.4 Å². The van der Waals surface area contributed by atoms with Gasteiger partial charge < -0.3 is 9.05 Å². The molecular weight excluding hydrogens is 299 g/mol. The van der Waals surface area contributed by atoms with Crippen LogP contribution in [0.1, 0.15) is 33.5 Å². The number of aromatic nitrogens is 3. The summed E-state index contributed by atoms with van der Waals surface area (Å²) in [4.78, 5) is 0.678. The predicted octanol–water partition coefficient (Wildman–Crippen LogP) is 1.37. The second kappa shape index (κ2) is 5.44. The summed E-state index contributed by atoms with van der Waals surface area (Å²) >= 11 is 1.35. The molecule has 2 rings (SSSR count). The summed E-state index contributed by atoms with van der Waals surface area (Å²) in [6, 6.07) is 0. The van der Waals surface area contributed by atoms with Crippen LogP contribution in [0.3, 0.4) is 0 Å². The van der Waals surface area contributed by atoms with Crippen molar-refractivity contribution in [2.24, 2.45) is 0 Å². The number of thiazole rings is 1. The van der Waals surface area contributed by atoms with Gasteiger partial charge in [0.15, 0.2) is 0 Å². The van der Waals surface area contributed by atoms with E-state index in [4.69, 9.17) is 14.9 Å². The summed E-state index contributed by atoms with van der Waals surface area (Å²) in [7, 11) is -3.45. The molecule has 112 valence electrons. The van der Waals surface area contributed by atoms with Crippen molar-refractivity contribution in [1.82, 2.24) is 9.61 Å². The lowest BCUT2D eigenvalue weighted by Crippen LogP contribution is -2.45. The first kappa shape index (κ1) is 15.4. The highest BCUT2D eigenvalue weighted by Crippen LogP contribution is 2.49. The maximum atomic E-state index is 13.1. The Morgan fingerprint density at radius 3 is 2.40 bits per heavy atom. The van der Waals surface area contributed by atoms with Crippen molar-refractivity contribution in [3.8, 4) is 0 Å². The van der Waals surface area contributed by atoms with E-state index in [1.54, 1.807) is 12.3 Å². The highest BCUT2D eigenvalue weighted by molar-refractivity contribution is 7.62. The first-order chi connectivity index (χ1) is 9.24. The van der Waals surface area contributed by atoms with Gasteiger partial charge in [0.05, 0.1) is 12.2 Å². The number of aryl methyl sites for hydroxylation is 1. The van der Waals surface area contributed by atoms with Gasteiger partial charge in [-0.25, -0.2) is 0 Å². The molecule has 0 fully saturated rings. The zero-order valence-corrected chi connectivity index (χ0v) is 13.9. The van der Waals surface area contributed by atoms with Crippen molar-refractivity contribution in [3.63, 3.8) is 0 Å². The Morgan fingerprint density at radius 2 is 1.90 bits per heavy atom. The minimum absolute atomic E-state index is 0.226. The van der Waals surface area contributed by atoms with Crippen molar-refractivity contribution in [1.29, 1.82) is 0 Å². The molecule has 0 aliphatic rings. The van der Waals surface area contributed by atoms with E-state index in [0.29, 0.717) is 16.2 Å². The number of rotatable bonds is 5. The molecule has 0 aliphatic carbocycles. The van der Waals surface area contributed by atoms with Gasteiger partial charge in [0.2, 0.25) is 5.44 Å². The maximum absolute atomic E-state index is 13.1. The largest absolute Gasteiger partial charge is 0.397 e. The van der Waals surface area contributed by atoms with Gasteiger partial charge in [0, 0.05) is 17.4 Å². The van der Waals surface area contributed by atoms with Crippen LogP contribution in [0.25, 0.3) is 4.96 Å². The van der Waals surface area contributed by atoms with Crippen molar-refractivity contribution in [2.45, 2.75) is 46.8 Å². The molecule has 0 saturated carbocycles. The number of nitrogens with zero attached hydrogens (tertiary/aromatic N) is 3. The zero-order valence-electron chi connectivity index (χ0n) is 12.2. The SMILES string of the molecule is Cc1nn2c(P(=O)(OC(C)C)OC(C)C)csc2[n+]1N. The molecule has 0 saturated heterocycles. The molecule has 0 aromatic carbocycles. The Kier molecular flexibility index (Phi) is 4.20. The van der Waals surface area contributed by atoms with Crippen molar-refractivity contribution in [3.05, 3.63) is 11.2 Å². The first-order valence-corrected chi connectivity index (χ1v) is 8.78. The summed E-state index contributed by atoms with van der Waals surface area (Å²) in [6.45, 7) is 9.05. The molecule has 0 radical (unpaired) electrons. The molecule has 0 spiro atoms. The molecule has 2 aromatic rings. The van der Waals surface area contributed by atoms with E-state index in [1.165, 1.54) is 20.5 Å². The molecular formula is C11H20N4O3PS+. The molecule has 7 nitrogen and oxygen atoms in total. The number of hydrogen-bond donors (Lipinski definition) is 1. The van der Waals surface area contributed by atoms with Gasteiger partial charge in [-0.05, 0) is 27.7 Å². The van der Waals surface area contributed by atoms with E-state index in [-0.39, 0.29) is 12.2 Å². The molecule has 0 unspecified atom stereocenters. The van der Waals surface area contributed by atoms with E-state index in [1.807, 2.05) is 27.7 Å². The quantitative estimate of drug-likeness (QED) is 0.511. The lowest BCUT2D eigenvalue weighted by Gasteiger charge is -2.20. The number of hydrogen-bond acceptors (Lipinski definition) is 6. The summed E-state index contributed by atoms with van der Waals surface area (Å²) in [5.41, 5.74) is 0.409. The second-order valence-corrected chi connectivity index (χ2v) is 7.72. The Hall–Kier alpha value is -0.950. The monoisotopic (exact) mass is 319 g/mol. The van der Waals surface area contributed by atoms with Gasteiger partial charge in [0.1, 0.15) is 0 Å².